The number of amides is 2. The second kappa shape index (κ2) is 7.31. The zero-order chi connectivity index (χ0) is 15.9. The first-order valence-electron chi connectivity index (χ1n) is 6.93. The normalized spacial score (nSPS) is 10.3. The molecule has 0 bridgehead atoms. The first kappa shape index (κ1) is 15.6. The summed E-state index contributed by atoms with van der Waals surface area (Å²) in [6.07, 6.45) is 1.39. The minimum Gasteiger partial charge on any atom is -0.489 e. The quantitative estimate of drug-likeness (QED) is 0.859. The molecule has 2 rings (SSSR count). The predicted octanol–water partition coefficient (Wildman–Crippen LogP) is 2.44. The highest BCUT2D eigenvalue weighted by Crippen LogP contribution is 2.24. The molecule has 0 atom stereocenters. The average Bonchev–Trinajstić information content (AvgIpc) is 3.00. The lowest BCUT2D eigenvalue weighted by molar-refractivity contribution is -0.115. The molecule has 1 aromatic heterocycles. The summed E-state index contributed by atoms with van der Waals surface area (Å²) in [6.45, 7) is 3.65. The number of para-hydroxylation sites is 2. The Kier molecular flexibility index (Phi) is 5.19. The molecule has 2 aromatic rings. The second-order valence-electron chi connectivity index (χ2n) is 4.87. The van der Waals surface area contributed by atoms with E-state index >= 15 is 0 Å². The number of nitrogens with one attached hydrogen (secondary N) is 2. The fourth-order valence-corrected chi connectivity index (χ4v) is 1.78. The number of carbonyl (C=O) groups excluding carboxylic acids is 2. The van der Waals surface area contributed by atoms with E-state index in [2.05, 4.69) is 10.6 Å². The number of carbonyl (C=O) groups is 2. The number of rotatable bonds is 6. The van der Waals surface area contributed by atoms with Crippen molar-refractivity contribution in [3.8, 4) is 5.75 Å². The molecule has 0 unspecified atom stereocenters. The van der Waals surface area contributed by atoms with Crippen molar-refractivity contribution in [2.24, 2.45) is 0 Å². The van der Waals surface area contributed by atoms with Gasteiger partial charge in [0.1, 0.15) is 5.75 Å². The minimum absolute atomic E-state index is 0.00305. The Morgan fingerprint density at radius 3 is 2.64 bits per heavy atom. The molecule has 6 heteroatoms. The van der Waals surface area contributed by atoms with Crippen LogP contribution in [0.2, 0.25) is 0 Å². The molecule has 0 fully saturated rings. The zero-order valence-corrected chi connectivity index (χ0v) is 12.5. The van der Waals surface area contributed by atoms with E-state index in [-0.39, 0.29) is 24.3 Å². The van der Waals surface area contributed by atoms with E-state index in [1.165, 1.54) is 12.3 Å². The molecule has 0 aliphatic rings. The highest BCUT2D eigenvalue weighted by molar-refractivity contribution is 5.98. The van der Waals surface area contributed by atoms with Crippen LogP contribution in [0.3, 0.4) is 0 Å². The van der Waals surface area contributed by atoms with Gasteiger partial charge in [-0.25, -0.2) is 0 Å². The van der Waals surface area contributed by atoms with Crippen molar-refractivity contribution in [1.29, 1.82) is 0 Å². The molecule has 0 saturated carbocycles. The lowest BCUT2D eigenvalue weighted by Crippen LogP contribution is -2.32. The van der Waals surface area contributed by atoms with Crippen LogP contribution >= 0.6 is 0 Å². The van der Waals surface area contributed by atoms with Crippen molar-refractivity contribution in [1.82, 2.24) is 5.32 Å². The third-order valence-corrected chi connectivity index (χ3v) is 2.68. The van der Waals surface area contributed by atoms with Crippen LogP contribution in [0, 0.1) is 0 Å². The molecule has 0 aliphatic heterocycles. The van der Waals surface area contributed by atoms with Gasteiger partial charge in [0, 0.05) is 0 Å². The first-order valence-corrected chi connectivity index (χ1v) is 6.93. The first-order chi connectivity index (χ1) is 10.6. The molecule has 22 heavy (non-hydrogen) atoms. The molecule has 0 spiro atoms. The SMILES string of the molecule is CC(C)Oc1ccccc1NC(=O)CNC(=O)c1ccco1. The summed E-state index contributed by atoms with van der Waals surface area (Å²) in [5.74, 6) is -0.0360. The molecule has 2 N–H and O–H groups in total. The van der Waals surface area contributed by atoms with Crippen LogP contribution in [0.4, 0.5) is 5.69 Å². The van der Waals surface area contributed by atoms with Gasteiger partial charge < -0.3 is 19.8 Å². The van der Waals surface area contributed by atoms with Crippen LogP contribution in [0.15, 0.2) is 47.1 Å². The number of ether oxygens (including phenoxy) is 1. The van der Waals surface area contributed by atoms with Gasteiger partial charge in [-0.2, -0.15) is 0 Å². The Bertz CT molecular complexity index is 635. The van der Waals surface area contributed by atoms with Gasteiger partial charge in [0.25, 0.3) is 5.91 Å². The Labute approximate surface area is 128 Å². The van der Waals surface area contributed by atoms with Crippen LogP contribution in [0.1, 0.15) is 24.4 Å². The molecule has 0 aliphatic carbocycles. The maximum atomic E-state index is 11.9. The Morgan fingerprint density at radius 1 is 1.18 bits per heavy atom. The lowest BCUT2D eigenvalue weighted by Gasteiger charge is -2.14. The molecular formula is C16H18N2O4. The lowest BCUT2D eigenvalue weighted by atomic mass is 10.3. The van der Waals surface area contributed by atoms with Gasteiger partial charge in [-0.1, -0.05) is 12.1 Å². The molecule has 1 heterocycles. The van der Waals surface area contributed by atoms with Gasteiger partial charge in [0.05, 0.1) is 24.6 Å². The topological polar surface area (TPSA) is 80.6 Å². The molecule has 0 saturated heterocycles. The van der Waals surface area contributed by atoms with E-state index in [4.69, 9.17) is 9.15 Å². The van der Waals surface area contributed by atoms with Crippen molar-refractivity contribution in [3.63, 3.8) is 0 Å². The summed E-state index contributed by atoms with van der Waals surface area (Å²) in [5, 5.41) is 5.19. The zero-order valence-electron chi connectivity index (χ0n) is 12.5. The molecular weight excluding hydrogens is 284 g/mol. The average molecular weight is 302 g/mol. The summed E-state index contributed by atoms with van der Waals surface area (Å²) < 4.78 is 10.6. The molecule has 1 aromatic carbocycles. The number of hydrogen-bond acceptors (Lipinski definition) is 4. The number of hydrogen-bond donors (Lipinski definition) is 2. The van der Waals surface area contributed by atoms with Crippen molar-refractivity contribution in [2.75, 3.05) is 11.9 Å². The van der Waals surface area contributed by atoms with Gasteiger partial charge >= 0.3 is 0 Å². The van der Waals surface area contributed by atoms with Crippen molar-refractivity contribution < 1.29 is 18.7 Å². The third-order valence-electron chi connectivity index (χ3n) is 2.68. The van der Waals surface area contributed by atoms with Gasteiger partial charge in [-0.3, -0.25) is 9.59 Å². The third kappa shape index (κ3) is 4.37. The van der Waals surface area contributed by atoms with Crippen LogP contribution in [-0.4, -0.2) is 24.5 Å². The molecule has 0 radical (unpaired) electrons. The largest absolute Gasteiger partial charge is 0.489 e. The summed E-state index contributed by atoms with van der Waals surface area (Å²) in [5.41, 5.74) is 0.563. The fraction of sp³-hybridized carbons (Fsp3) is 0.250. The Hall–Kier alpha value is -2.76. The summed E-state index contributed by atoms with van der Waals surface area (Å²) in [6, 6.07) is 10.3. The minimum atomic E-state index is -0.438. The highest BCUT2D eigenvalue weighted by atomic mass is 16.5. The number of furan rings is 1. The Morgan fingerprint density at radius 2 is 1.95 bits per heavy atom. The van der Waals surface area contributed by atoms with E-state index in [1.54, 1.807) is 24.3 Å². The van der Waals surface area contributed by atoms with Crippen molar-refractivity contribution in [3.05, 3.63) is 48.4 Å². The van der Waals surface area contributed by atoms with Crippen LogP contribution in [0.25, 0.3) is 0 Å². The van der Waals surface area contributed by atoms with E-state index < -0.39 is 5.91 Å². The molecule has 116 valence electrons. The van der Waals surface area contributed by atoms with Crippen LogP contribution < -0.4 is 15.4 Å². The van der Waals surface area contributed by atoms with Crippen molar-refractivity contribution >= 4 is 17.5 Å². The smallest absolute Gasteiger partial charge is 0.287 e. The van der Waals surface area contributed by atoms with E-state index in [0.29, 0.717) is 11.4 Å². The molecule has 6 nitrogen and oxygen atoms in total. The van der Waals surface area contributed by atoms with Gasteiger partial charge in [-0.05, 0) is 38.1 Å². The van der Waals surface area contributed by atoms with Crippen LogP contribution in [0.5, 0.6) is 5.75 Å². The number of anilines is 1. The van der Waals surface area contributed by atoms with Crippen molar-refractivity contribution in [2.45, 2.75) is 20.0 Å². The number of benzene rings is 1. The van der Waals surface area contributed by atoms with E-state index in [0.717, 1.165) is 0 Å². The fourth-order valence-electron chi connectivity index (χ4n) is 1.78. The van der Waals surface area contributed by atoms with Crippen LogP contribution in [-0.2, 0) is 4.79 Å². The van der Waals surface area contributed by atoms with Gasteiger partial charge in [0.2, 0.25) is 5.91 Å². The monoisotopic (exact) mass is 302 g/mol. The van der Waals surface area contributed by atoms with Gasteiger partial charge in [-0.15, -0.1) is 0 Å². The van der Waals surface area contributed by atoms with Gasteiger partial charge in [0.15, 0.2) is 5.76 Å². The summed E-state index contributed by atoms with van der Waals surface area (Å²) >= 11 is 0. The maximum Gasteiger partial charge on any atom is 0.287 e. The highest BCUT2D eigenvalue weighted by Gasteiger charge is 2.12. The molecule has 2 amide bonds. The second-order valence-corrected chi connectivity index (χ2v) is 4.87. The summed E-state index contributed by atoms with van der Waals surface area (Å²) in [4.78, 5) is 23.6. The predicted molar refractivity (Wildman–Crippen MR) is 81.9 cm³/mol. The standard InChI is InChI=1S/C16H18N2O4/c1-11(2)22-13-7-4-3-6-12(13)18-15(19)10-17-16(20)14-8-5-9-21-14/h3-9,11H,10H2,1-2H3,(H,17,20)(H,18,19). The maximum absolute atomic E-state index is 11.9. The van der Waals surface area contributed by atoms with E-state index in [9.17, 15) is 9.59 Å². The van der Waals surface area contributed by atoms with E-state index in [1.807, 2.05) is 19.9 Å². The Balaban J connectivity index is 1.91. The summed E-state index contributed by atoms with van der Waals surface area (Å²) in [7, 11) is 0.